The average Bonchev–Trinajstić information content (AvgIpc) is 2.84. The number of rotatable bonds is 5. The third-order valence-corrected chi connectivity index (χ3v) is 6.79. The highest BCUT2D eigenvalue weighted by molar-refractivity contribution is 6.30. The molecule has 0 saturated carbocycles. The fourth-order valence-electron chi connectivity index (χ4n) is 4.48. The first-order chi connectivity index (χ1) is 15.9. The largest absolute Gasteiger partial charge is 0.486 e. The van der Waals surface area contributed by atoms with Crippen LogP contribution in [0.15, 0.2) is 42.5 Å². The van der Waals surface area contributed by atoms with Crippen LogP contribution in [0.3, 0.4) is 0 Å². The molecule has 2 aromatic rings. The number of halogens is 1. The van der Waals surface area contributed by atoms with E-state index in [4.69, 9.17) is 16.3 Å². The highest BCUT2D eigenvalue weighted by Gasteiger charge is 2.34. The molecule has 176 valence electrons. The molecule has 2 heterocycles. The first-order valence-corrected chi connectivity index (χ1v) is 12.2. The number of hydrogen-bond donors (Lipinski definition) is 1. The third-order valence-electron chi connectivity index (χ3n) is 6.53. The Bertz CT molecular complexity index is 987. The second kappa shape index (κ2) is 10.5. The Morgan fingerprint density at radius 3 is 2.55 bits per heavy atom. The van der Waals surface area contributed by atoms with Crippen LogP contribution in [-0.4, -0.2) is 49.1 Å². The summed E-state index contributed by atoms with van der Waals surface area (Å²) in [5.41, 5.74) is 3.08. The van der Waals surface area contributed by atoms with Crippen molar-refractivity contribution in [1.82, 2.24) is 10.2 Å². The minimum atomic E-state index is -0.0538. The molecule has 33 heavy (non-hydrogen) atoms. The van der Waals surface area contributed by atoms with E-state index in [1.54, 1.807) is 0 Å². The Balaban J connectivity index is 1.30. The lowest BCUT2D eigenvalue weighted by Crippen LogP contribution is -2.52. The first kappa shape index (κ1) is 23.4. The van der Waals surface area contributed by atoms with Crippen molar-refractivity contribution in [2.45, 2.75) is 45.6 Å². The van der Waals surface area contributed by atoms with Crippen molar-refractivity contribution in [1.29, 1.82) is 0 Å². The zero-order chi connectivity index (χ0) is 23.4. The van der Waals surface area contributed by atoms with Crippen LogP contribution in [0.4, 0.5) is 10.5 Å². The minimum Gasteiger partial charge on any atom is -0.486 e. The van der Waals surface area contributed by atoms with E-state index in [0.717, 1.165) is 35.4 Å². The van der Waals surface area contributed by atoms with Gasteiger partial charge in [-0.3, -0.25) is 9.69 Å². The lowest BCUT2D eigenvalue weighted by molar-refractivity contribution is -0.126. The molecule has 0 spiro atoms. The Kier molecular flexibility index (Phi) is 7.43. The molecule has 1 saturated heterocycles. The van der Waals surface area contributed by atoms with E-state index in [9.17, 15) is 9.59 Å². The molecule has 0 radical (unpaired) electrons. The number of fused-ring (bicyclic) bond motifs is 1. The van der Waals surface area contributed by atoms with Crippen molar-refractivity contribution in [2.75, 3.05) is 31.1 Å². The van der Waals surface area contributed by atoms with E-state index in [0.29, 0.717) is 44.0 Å². The molecule has 3 amide bonds. The molecular weight excluding hydrogens is 438 g/mol. The van der Waals surface area contributed by atoms with Crippen LogP contribution >= 0.6 is 11.6 Å². The fourth-order valence-corrected chi connectivity index (χ4v) is 4.61. The Labute approximate surface area is 200 Å². The number of hydrogen-bond acceptors (Lipinski definition) is 3. The molecule has 1 atom stereocenters. The van der Waals surface area contributed by atoms with Crippen molar-refractivity contribution >= 4 is 29.2 Å². The molecule has 0 aromatic heterocycles. The van der Waals surface area contributed by atoms with Gasteiger partial charge in [0.1, 0.15) is 11.9 Å². The number of likely N-dealkylation sites (tertiary alicyclic amines) is 1. The molecule has 4 rings (SSSR count). The smallest absolute Gasteiger partial charge is 0.324 e. The van der Waals surface area contributed by atoms with Gasteiger partial charge in [0.25, 0.3) is 0 Å². The fraction of sp³-hybridized carbons (Fsp3) is 0.462. The van der Waals surface area contributed by atoms with E-state index in [2.05, 4.69) is 12.2 Å². The standard InChI is InChI=1S/C26H32ClN3O3/c1-3-22-17-30(23-16-18(2)4-9-24(23)33-22)26(32)29-14-11-20(12-15-29)25(31)28-13-10-19-5-7-21(27)8-6-19/h4-9,16,20,22H,3,10-15,17H2,1-2H3,(H,28,31). The summed E-state index contributed by atoms with van der Waals surface area (Å²) in [7, 11) is 0. The minimum absolute atomic E-state index is 0.00481. The molecule has 6 nitrogen and oxygen atoms in total. The normalized spacial score (nSPS) is 18.5. The summed E-state index contributed by atoms with van der Waals surface area (Å²) in [6.07, 6.45) is 2.97. The molecule has 1 unspecified atom stereocenters. The number of anilines is 1. The van der Waals surface area contributed by atoms with Gasteiger partial charge in [0.05, 0.1) is 12.2 Å². The van der Waals surface area contributed by atoms with E-state index in [-0.39, 0.29) is 24.0 Å². The maximum absolute atomic E-state index is 13.4. The van der Waals surface area contributed by atoms with Crippen molar-refractivity contribution in [2.24, 2.45) is 5.92 Å². The van der Waals surface area contributed by atoms with Crippen molar-refractivity contribution < 1.29 is 14.3 Å². The number of carbonyl (C=O) groups is 2. The van der Waals surface area contributed by atoms with Crippen LogP contribution in [0.2, 0.25) is 5.02 Å². The van der Waals surface area contributed by atoms with Crippen LogP contribution in [0.5, 0.6) is 5.75 Å². The van der Waals surface area contributed by atoms with E-state index in [1.165, 1.54) is 0 Å². The number of aryl methyl sites for hydroxylation is 1. The van der Waals surface area contributed by atoms with E-state index in [1.807, 2.05) is 59.2 Å². The monoisotopic (exact) mass is 469 g/mol. The van der Waals surface area contributed by atoms with Gasteiger partial charge in [0.2, 0.25) is 5.91 Å². The number of amides is 3. The predicted octanol–water partition coefficient (Wildman–Crippen LogP) is 4.82. The number of benzene rings is 2. The summed E-state index contributed by atoms with van der Waals surface area (Å²) in [6.45, 7) is 6.42. The van der Waals surface area contributed by atoms with Crippen LogP contribution in [-0.2, 0) is 11.2 Å². The Morgan fingerprint density at radius 2 is 1.85 bits per heavy atom. The second-order valence-electron chi connectivity index (χ2n) is 8.94. The highest BCUT2D eigenvalue weighted by atomic mass is 35.5. The van der Waals surface area contributed by atoms with Gasteiger partial charge in [-0.2, -0.15) is 0 Å². The zero-order valence-corrected chi connectivity index (χ0v) is 20.1. The molecule has 0 aliphatic carbocycles. The van der Waals surface area contributed by atoms with Crippen LogP contribution in [0.25, 0.3) is 0 Å². The van der Waals surface area contributed by atoms with Gasteiger partial charge >= 0.3 is 6.03 Å². The van der Waals surface area contributed by atoms with Crippen LogP contribution < -0.4 is 15.0 Å². The quantitative estimate of drug-likeness (QED) is 0.683. The second-order valence-corrected chi connectivity index (χ2v) is 9.38. The highest BCUT2D eigenvalue weighted by Crippen LogP contribution is 2.36. The zero-order valence-electron chi connectivity index (χ0n) is 19.4. The molecule has 0 bridgehead atoms. The third kappa shape index (κ3) is 5.61. The van der Waals surface area contributed by atoms with Crippen molar-refractivity contribution in [3.05, 3.63) is 58.6 Å². The summed E-state index contributed by atoms with van der Waals surface area (Å²) >= 11 is 5.92. The van der Waals surface area contributed by atoms with Gasteiger partial charge in [-0.15, -0.1) is 0 Å². The summed E-state index contributed by atoms with van der Waals surface area (Å²) in [6, 6.07) is 13.7. The van der Waals surface area contributed by atoms with Crippen molar-refractivity contribution in [3.8, 4) is 5.75 Å². The lowest BCUT2D eigenvalue weighted by Gasteiger charge is -2.39. The Hall–Kier alpha value is -2.73. The number of nitrogens with one attached hydrogen (secondary N) is 1. The number of ether oxygens (including phenoxy) is 1. The number of nitrogens with zero attached hydrogens (tertiary/aromatic N) is 2. The summed E-state index contributed by atoms with van der Waals surface area (Å²) < 4.78 is 6.06. The van der Waals surface area contributed by atoms with Gasteiger partial charge in [0, 0.05) is 30.6 Å². The molecule has 2 aliphatic heterocycles. The van der Waals surface area contributed by atoms with Crippen LogP contribution in [0, 0.1) is 12.8 Å². The number of carbonyl (C=O) groups excluding carboxylic acids is 2. The van der Waals surface area contributed by atoms with Gasteiger partial charge < -0.3 is 15.0 Å². The molecule has 1 fully saturated rings. The molecular formula is C26H32ClN3O3. The van der Waals surface area contributed by atoms with E-state index < -0.39 is 0 Å². The predicted molar refractivity (Wildman–Crippen MR) is 131 cm³/mol. The molecule has 7 heteroatoms. The summed E-state index contributed by atoms with van der Waals surface area (Å²) in [4.78, 5) is 29.8. The lowest BCUT2D eigenvalue weighted by atomic mass is 9.96. The van der Waals surface area contributed by atoms with Gasteiger partial charge in [-0.25, -0.2) is 4.79 Å². The Morgan fingerprint density at radius 1 is 1.12 bits per heavy atom. The van der Waals surface area contributed by atoms with Gasteiger partial charge in [-0.1, -0.05) is 36.7 Å². The topological polar surface area (TPSA) is 61.9 Å². The SMILES string of the molecule is CCC1CN(C(=O)N2CCC(C(=O)NCCc3ccc(Cl)cc3)CC2)c2cc(C)ccc2O1. The summed E-state index contributed by atoms with van der Waals surface area (Å²) in [5, 5.41) is 3.77. The molecule has 2 aliphatic rings. The van der Waals surface area contributed by atoms with Gasteiger partial charge in [-0.05, 0) is 68.0 Å². The van der Waals surface area contributed by atoms with E-state index >= 15 is 0 Å². The van der Waals surface area contributed by atoms with Crippen molar-refractivity contribution in [3.63, 3.8) is 0 Å². The first-order valence-electron chi connectivity index (χ1n) is 11.8. The maximum atomic E-state index is 13.4. The van der Waals surface area contributed by atoms with Gasteiger partial charge in [0.15, 0.2) is 0 Å². The van der Waals surface area contributed by atoms with Crippen LogP contribution in [0.1, 0.15) is 37.3 Å². The maximum Gasteiger partial charge on any atom is 0.324 e. The molecule has 1 N–H and O–H groups in total. The average molecular weight is 470 g/mol. The number of urea groups is 1. The summed E-state index contributed by atoms with van der Waals surface area (Å²) in [5.74, 6) is 0.790. The molecule has 2 aromatic carbocycles. The number of piperidine rings is 1.